The highest BCUT2D eigenvalue weighted by Gasteiger charge is 2.28. The minimum atomic E-state index is -0.287. The van der Waals surface area contributed by atoms with E-state index in [4.69, 9.17) is 0 Å². The molecule has 1 aromatic carbocycles. The Morgan fingerprint density at radius 2 is 2.05 bits per heavy atom. The van der Waals surface area contributed by atoms with Gasteiger partial charge in [0, 0.05) is 33.0 Å². The predicted molar refractivity (Wildman–Crippen MR) is 79.7 cm³/mol. The number of nitrogens with zero attached hydrogens (tertiary/aromatic N) is 2. The Morgan fingerprint density at radius 1 is 1.26 bits per heavy atom. The second-order valence-corrected chi connectivity index (χ2v) is 6.15. The molecule has 0 unspecified atom stereocenters. The van der Waals surface area contributed by atoms with Crippen molar-refractivity contribution in [3.63, 3.8) is 0 Å². The molecule has 0 N–H and O–H groups in total. The van der Waals surface area contributed by atoms with Crippen LogP contribution in [0.25, 0.3) is 11.4 Å². The summed E-state index contributed by atoms with van der Waals surface area (Å²) >= 11 is 6.76. The molecule has 19 heavy (non-hydrogen) atoms. The van der Waals surface area contributed by atoms with Gasteiger partial charge in [0.05, 0.1) is 5.69 Å². The lowest BCUT2D eigenvalue weighted by Gasteiger charge is -2.08. The number of hydrogen-bond acceptors (Lipinski definition) is 2. The Balaban J connectivity index is 2.07. The van der Waals surface area contributed by atoms with Crippen LogP contribution in [0.4, 0.5) is 4.39 Å². The van der Waals surface area contributed by atoms with Gasteiger partial charge in [0.2, 0.25) is 0 Å². The van der Waals surface area contributed by atoms with Gasteiger partial charge in [0.1, 0.15) is 5.82 Å². The predicted octanol–water partition coefficient (Wildman–Crippen LogP) is 4.82. The molecule has 0 atom stereocenters. The first kappa shape index (κ1) is 13.2. The highest BCUT2D eigenvalue weighted by Crippen LogP contribution is 2.41. The van der Waals surface area contributed by atoms with Crippen LogP contribution in [0.3, 0.4) is 0 Å². The van der Waals surface area contributed by atoms with E-state index in [0.29, 0.717) is 21.8 Å². The molecule has 2 aromatic rings. The molecule has 98 valence electrons. The lowest BCUT2D eigenvalue weighted by atomic mass is 10.1. The number of hydrogen-bond donors (Lipinski definition) is 0. The first-order valence-electron chi connectivity index (χ1n) is 6.05. The van der Waals surface area contributed by atoms with Gasteiger partial charge in [-0.1, -0.05) is 31.9 Å². The largest absolute Gasteiger partial charge is 0.236 e. The first-order chi connectivity index (χ1) is 9.17. The van der Waals surface area contributed by atoms with Gasteiger partial charge in [-0.25, -0.2) is 14.4 Å². The van der Waals surface area contributed by atoms with Crippen LogP contribution in [0.2, 0.25) is 0 Å². The molecule has 5 heteroatoms. The Labute approximate surface area is 127 Å². The maximum Gasteiger partial charge on any atom is 0.159 e. The number of alkyl halides is 1. The molecule has 0 amide bonds. The van der Waals surface area contributed by atoms with Crippen molar-refractivity contribution in [2.24, 2.45) is 0 Å². The third-order valence-electron chi connectivity index (χ3n) is 3.13. The summed E-state index contributed by atoms with van der Waals surface area (Å²) in [5.74, 6) is 0.851. The van der Waals surface area contributed by atoms with E-state index in [1.165, 1.54) is 25.0 Å². The van der Waals surface area contributed by atoms with Crippen LogP contribution in [0.1, 0.15) is 30.0 Å². The third-order valence-corrected chi connectivity index (χ3v) is 4.19. The van der Waals surface area contributed by atoms with Gasteiger partial charge in [-0.15, -0.1) is 0 Å². The quantitative estimate of drug-likeness (QED) is 0.708. The Morgan fingerprint density at radius 3 is 2.68 bits per heavy atom. The van der Waals surface area contributed by atoms with E-state index in [1.807, 2.05) is 12.3 Å². The lowest BCUT2D eigenvalue weighted by Crippen LogP contribution is -1.99. The van der Waals surface area contributed by atoms with E-state index in [0.717, 1.165) is 16.6 Å². The molecule has 1 aliphatic carbocycles. The molecule has 1 fully saturated rings. The zero-order valence-electron chi connectivity index (χ0n) is 10.0. The smallest absolute Gasteiger partial charge is 0.159 e. The second-order valence-electron chi connectivity index (χ2n) is 4.67. The van der Waals surface area contributed by atoms with E-state index in [-0.39, 0.29) is 5.82 Å². The van der Waals surface area contributed by atoms with Crippen LogP contribution < -0.4 is 0 Å². The van der Waals surface area contributed by atoms with Crippen LogP contribution in [-0.4, -0.2) is 9.97 Å². The maximum absolute atomic E-state index is 13.4. The summed E-state index contributed by atoms with van der Waals surface area (Å²) in [5, 5.41) is 0.756. The van der Waals surface area contributed by atoms with Crippen LogP contribution in [0.15, 0.2) is 28.9 Å². The molecule has 0 aliphatic heterocycles. The average Bonchev–Trinajstić information content (AvgIpc) is 3.21. The van der Waals surface area contributed by atoms with Crippen LogP contribution in [0.5, 0.6) is 0 Å². The van der Waals surface area contributed by atoms with Crippen molar-refractivity contribution < 1.29 is 4.39 Å². The summed E-state index contributed by atoms with van der Waals surface area (Å²) in [7, 11) is 0. The normalized spacial score (nSPS) is 14.7. The summed E-state index contributed by atoms with van der Waals surface area (Å²) in [6.45, 7) is 0. The summed E-state index contributed by atoms with van der Waals surface area (Å²) < 4.78 is 14.1. The minimum absolute atomic E-state index is 0.287. The summed E-state index contributed by atoms with van der Waals surface area (Å²) in [4.78, 5) is 8.97. The van der Waals surface area contributed by atoms with E-state index in [2.05, 4.69) is 41.8 Å². The molecule has 1 aromatic heterocycles. The van der Waals surface area contributed by atoms with Gasteiger partial charge in [-0.3, -0.25) is 0 Å². The van der Waals surface area contributed by atoms with Crippen molar-refractivity contribution in [1.29, 1.82) is 0 Å². The van der Waals surface area contributed by atoms with Crippen LogP contribution >= 0.6 is 31.9 Å². The first-order valence-corrected chi connectivity index (χ1v) is 7.97. The lowest BCUT2D eigenvalue weighted by molar-refractivity contribution is 0.627. The van der Waals surface area contributed by atoms with E-state index in [1.54, 1.807) is 0 Å². The fraction of sp³-hybridized carbons (Fsp3) is 0.286. The van der Waals surface area contributed by atoms with Crippen LogP contribution in [-0.2, 0) is 5.33 Å². The van der Waals surface area contributed by atoms with Crippen molar-refractivity contribution in [1.82, 2.24) is 9.97 Å². The van der Waals surface area contributed by atoms with Gasteiger partial charge in [-0.2, -0.15) is 0 Å². The molecule has 0 saturated heterocycles. The van der Waals surface area contributed by atoms with E-state index in [9.17, 15) is 4.39 Å². The van der Waals surface area contributed by atoms with Crippen LogP contribution in [0, 0.1) is 5.82 Å². The standard InChI is InChI=1S/C14H11Br2FN2/c15-6-10-7-18-14(19-13(10)8-1-2-8)9-3-11(16)5-12(17)4-9/h3-5,7-8H,1-2,6H2. The summed E-state index contributed by atoms with van der Waals surface area (Å²) in [6, 6.07) is 4.73. The van der Waals surface area contributed by atoms with Gasteiger partial charge < -0.3 is 0 Å². The fourth-order valence-electron chi connectivity index (χ4n) is 2.06. The van der Waals surface area contributed by atoms with E-state index < -0.39 is 0 Å². The molecule has 1 aliphatic rings. The van der Waals surface area contributed by atoms with Crippen molar-refractivity contribution in [3.8, 4) is 11.4 Å². The number of aromatic nitrogens is 2. The maximum atomic E-state index is 13.4. The number of rotatable bonds is 3. The topological polar surface area (TPSA) is 25.8 Å². The molecular weight excluding hydrogens is 375 g/mol. The average molecular weight is 386 g/mol. The number of benzene rings is 1. The summed E-state index contributed by atoms with van der Waals surface area (Å²) in [5.41, 5.74) is 2.93. The van der Waals surface area contributed by atoms with Crippen molar-refractivity contribution in [2.75, 3.05) is 0 Å². The third kappa shape index (κ3) is 2.87. The second kappa shape index (κ2) is 5.29. The molecule has 3 rings (SSSR count). The molecule has 1 saturated carbocycles. The van der Waals surface area contributed by atoms with Crippen molar-refractivity contribution in [2.45, 2.75) is 24.1 Å². The molecular formula is C14H11Br2FN2. The minimum Gasteiger partial charge on any atom is -0.236 e. The zero-order chi connectivity index (χ0) is 13.4. The molecule has 0 bridgehead atoms. The molecule has 2 nitrogen and oxygen atoms in total. The number of halogens is 3. The van der Waals surface area contributed by atoms with Gasteiger partial charge in [0.15, 0.2) is 5.82 Å². The van der Waals surface area contributed by atoms with Gasteiger partial charge in [-0.05, 0) is 31.0 Å². The van der Waals surface area contributed by atoms with Gasteiger partial charge in [0.25, 0.3) is 0 Å². The highest BCUT2D eigenvalue weighted by molar-refractivity contribution is 9.10. The summed E-state index contributed by atoms with van der Waals surface area (Å²) in [6.07, 6.45) is 4.20. The fourth-order valence-corrected chi connectivity index (χ4v) is 2.95. The SMILES string of the molecule is Fc1cc(Br)cc(-c2ncc(CBr)c(C3CC3)n2)c1. The zero-order valence-corrected chi connectivity index (χ0v) is 13.2. The van der Waals surface area contributed by atoms with E-state index >= 15 is 0 Å². The Kier molecular flexibility index (Phi) is 3.67. The highest BCUT2D eigenvalue weighted by atomic mass is 79.9. The van der Waals surface area contributed by atoms with Crippen molar-refractivity contribution >= 4 is 31.9 Å². The molecule has 0 spiro atoms. The molecule has 0 radical (unpaired) electrons. The van der Waals surface area contributed by atoms with Gasteiger partial charge >= 0.3 is 0 Å². The monoisotopic (exact) mass is 384 g/mol. The molecule has 1 heterocycles. The Hall–Kier alpha value is -0.810. The van der Waals surface area contributed by atoms with Crippen molar-refractivity contribution in [3.05, 3.63) is 45.9 Å². The Bertz CT molecular complexity index is 607.